The molecule has 0 radical (unpaired) electrons. The topological polar surface area (TPSA) is 60.9 Å². The number of amides is 2. The summed E-state index contributed by atoms with van der Waals surface area (Å²) in [4.78, 5) is 26.4. The lowest BCUT2D eigenvalue weighted by molar-refractivity contribution is -0.141. The molecule has 0 saturated carbocycles. The summed E-state index contributed by atoms with van der Waals surface area (Å²) < 4.78 is 0. The standard InChI is InChI=1S/C12H20N2O3/c1-4-7-13(9(2)3)12(17)14-8-5-6-10(14)11(15)16/h4,9-10H,1,5-8H2,2-3H3,(H,15,16)/t10-/m1/s1. The van der Waals surface area contributed by atoms with E-state index in [1.54, 1.807) is 11.0 Å². The minimum Gasteiger partial charge on any atom is -0.480 e. The fourth-order valence-electron chi connectivity index (χ4n) is 2.07. The van der Waals surface area contributed by atoms with Crippen molar-refractivity contribution in [3.8, 4) is 0 Å². The van der Waals surface area contributed by atoms with Gasteiger partial charge in [-0.05, 0) is 26.7 Å². The number of carbonyl (C=O) groups excluding carboxylic acids is 1. The smallest absolute Gasteiger partial charge is 0.326 e. The summed E-state index contributed by atoms with van der Waals surface area (Å²) in [7, 11) is 0. The Labute approximate surface area is 102 Å². The average Bonchev–Trinajstić information content (AvgIpc) is 2.73. The van der Waals surface area contributed by atoms with Gasteiger partial charge in [-0.1, -0.05) is 6.08 Å². The van der Waals surface area contributed by atoms with Crippen LogP contribution in [0.3, 0.4) is 0 Å². The molecule has 5 heteroatoms. The molecule has 96 valence electrons. The molecule has 0 aromatic carbocycles. The number of carboxylic acids is 1. The molecule has 1 aliphatic heterocycles. The second kappa shape index (κ2) is 5.70. The van der Waals surface area contributed by atoms with E-state index in [0.717, 1.165) is 6.42 Å². The van der Waals surface area contributed by atoms with Gasteiger partial charge in [0.15, 0.2) is 0 Å². The lowest BCUT2D eigenvalue weighted by Crippen LogP contribution is -2.50. The SMILES string of the molecule is C=CCN(C(=O)N1CCC[C@@H]1C(=O)O)C(C)C. The minimum absolute atomic E-state index is 0.0375. The maximum absolute atomic E-state index is 12.2. The maximum Gasteiger partial charge on any atom is 0.326 e. The van der Waals surface area contributed by atoms with Crippen LogP contribution in [0, 0.1) is 0 Å². The lowest BCUT2D eigenvalue weighted by atomic mass is 10.2. The predicted molar refractivity (Wildman–Crippen MR) is 64.8 cm³/mol. The number of rotatable bonds is 4. The van der Waals surface area contributed by atoms with Gasteiger partial charge in [0, 0.05) is 19.1 Å². The van der Waals surface area contributed by atoms with Crippen LogP contribution in [0.1, 0.15) is 26.7 Å². The van der Waals surface area contributed by atoms with Gasteiger partial charge in [-0.25, -0.2) is 9.59 Å². The zero-order chi connectivity index (χ0) is 13.0. The molecule has 1 atom stereocenters. The molecule has 1 heterocycles. The second-order valence-corrected chi connectivity index (χ2v) is 4.51. The Kier molecular flexibility index (Phi) is 4.54. The Bertz CT molecular complexity index is 315. The number of aliphatic carboxylic acids is 1. The van der Waals surface area contributed by atoms with E-state index in [1.165, 1.54) is 4.90 Å². The van der Waals surface area contributed by atoms with E-state index < -0.39 is 12.0 Å². The van der Waals surface area contributed by atoms with Crippen molar-refractivity contribution in [1.82, 2.24) is 9.80 Å². The van der Waals surface area contributed by atoms with Crippen molar-refractivity contribution < 1.29 is 14.7 Å². The second-order valence-electron chi connectivity index (χ2n) is 4.51. The van der Waals surface area contributed by atoms with Crippen LogP contribution in [0.4, 0.5) is 4.79 Å². The van der Waals surface area contributed by atoms with Gasteiger partial charge in [0.25, 0.3) is 0 Å². The van der Waals surface area contributed by atoms with E-state index in [1.807, 2.05) is 13.8 Å². The summed E-state index contributed by atoms with van der Waals surface area (Å²) >= 11 is 0. The summed E-state index contributed by atoms with van der Waals surface area (Å²) in [5.41, 5.74) is 0. The molecule has 1 N–H and O–H groups in total. The number of hydrogen-bond donors (Lipinski definition) is 1. The molecular weight excluding hydrogens is 220 g/mol. The van der Waals surface area contributed by atoms with Gasteiger partial charge in [0.1, 0.15) is 6.04 Å². The zero-order valence-corrected chi connectivity index (χ0v) is 10.4. The molecule has 0 spiro atoms. The first-order valence-electron chi connectivity index (χ1n) is 5.90. The molecule has 0 unspecified atom stereocenters. The Hall–Kier alpha value is -1.52. The van der Waals surface area contributed by atoms with Crippen molar-refractivity contribution in [2.75, 3.05) is 13.1 Å². The summed E-state index contributed by atoms with van der Waals surface area (Å²) in [6, 6.07) is -0.839. The Morgan fingerprint density at radius 3 is 2.71 bits per heavy atom. The van der Waals surface area contributed by atoms with Gasteiger partial charge >= 0.3 is 12.0 Å². The normalized spacial score (nSPS) is 19.5. The van der Waals surface area contributed by atoms with Gasteiger partial charge in [0.2, 0.25) is 0 Å². The zero-order valence-electron chi connectivity index (χ0n) is 10.4. The van der Waals surface area contributed by atoms with E-state index in [0.29, 0.717) is 19.5 Å². The molecule has 17 heavy (non-hydrogen) atoms. The molecule has 1 aliphatic rings. The Balaban J connectivity index is 2.79. The maximum atomic E-state index is 12.2. The molecular formula is C12H20N2O3. The van der Waals surface area contributed by atoms with Crippen LogP contribution in [-0.4, -0.2) is 52.1 Å². The van der Waals surface area contributed by atoms with E-state index in [2.05, 4.69) is 6.58 Å². The number of likely N-dealkylation sites (tertiary alicyclic amines) is 1. The summed E-state index contributed by atoms with van der Waals surface area (Å²) in [5.74, 6) is -0.918. The van der Waals surface area contributed by atoms with E-state index in [9.17, 15) is 9.59 Å². The number of carboxylic acid groups (broad SMARTS) is 1. The van der Waals surface area contributed by atoms with E-state index >= 15 is 0 Å². The number of urea groups is 1. The fraction of sp³-hybridized carbons (Fsp3) is 0.667. The molecule has 0 aromatic rings. The van der Waals surface area contributed by atoms with Gasteiger partial charge in [0.05, 0.1) is 0 Å². The molecule has 1 rings (SSSR count). The van der Waals surface area contributed by atoms with Crippen molar-refractivity contribution >= 4 is 12.0 Å². The van der Waals surface area contributed by atoms with Gasteiger partial charge in [-0.2, -0.15) is 0 Å². The average molecular weight is 240 g/mol. The Morgan fingerprint density at radius 2 is 2.24 bits per heavy atom. The highest BCUT2D eigenvalue weighted by Gasteiger charge is 2.36. The van der Waals surface area contributed by atoms with Crippen molar-refractivity contribution in [2.45, 2.75) is 38.8 Å². The number of nitrogens with zero attached hydrogens (tertiary/aromatic N) is 2. The quantitative estimate of drug-likeness (QED) is 0.758. The van der Waals surface area contributed by atoms with Crippen LogP contribution in [0.5, 0.6) is 0 Å². The van der Waals surface area contributed by atoms with Crippen molar-refractivity contribution in [1.29, 1.82) is 0 Å². The Morgan fingerprint density at radius 1 is 1.59 bits per heavy atom. The third-order valence-electron chi connectivity index (χ3n) is 2.98. The lowest BCUT2D eigenvalue weighted by Gasteiger charge is -2.32. The summed E-state index contributed by atoms with van der Waals surface area (Å²) in [5, 5.41) is 9.05. The summed E-state index contributed by atoms with van der Waals surface area (Å²) in [6.07, 6.45) is 2.95. The fourth-order valence-corrected chi connectivity index (χ4v) is 2.07. The van der Waals surface area contributed by atoms with Gasteiger partial charge < -0.3 is 14.9 Å². The monoisotopic (exact) mass is 240 g/mol. The first-order chi connectivity index (χ1) is 7.99. The van der Waals surface area contributed by atoms with Crippen LogP contribution < -0.4 is 0 Å². The molecule has 0 aromatic heterocycles. The third-order valence-corrected chi connectivity index (χ3v) is 2.98. The minimum atomic E-state index is -0.918. The van der Waals surface area contributed by atoms with Crippen LogP contribution >= 0.6 is 0 Å². The van der Waals surface area contributed by atoms with Crippen molar-refractivity contribution in [2.24, 2.45) is 0 Å². The first-order valence-corrected chi connectivity index (χ1v) is 5.90. The number of hydrogen-bond acceptors (Lipinski definition) is 2. The summed E-state index contributed by atoms with van der Waals surface area (Å²) in [6.45, 7) is 8.40. The van der Waals surface area contributed by atoms with Crippen LogP contribution in [-0.2, 0) is 4.79 Å². The van der Waals surface area contributed by atoms with Gasteiger partial charge in [-0.15, -0.1) is 6.58 Å². The molecule has 1 saturated heterocycles. The largest absolute Gasteiger partial charge is 0.480 e. The van der Waals surface area contributed by atoms with E-state index in [4.69, 9.17) is 5.11 Å². The van der Waals surface area contributed by atoms with Crippen LogP contribution in [0.25, 0.3) is 0 Å². The highest BCUT2D eigenvalue weighted by Crippen LogP contribution is 2.20. The molecule has 0 aliphatic carbocycles. The molecule has 5 nitrogen and oxygen atoms in total. The highest BCUT2D eigenvalue weighted by molar-refractivity contribution is 5.83. The van der Waals surface area contributed by atoms with Crippen LogP contribution in [0.15, 0.2) is 12.7 Å². The first kappa shape index (κ1) is 13.5. The number of carbonyl (C=O) groups is 2. The molecule has 2 amide bonds. The van der Waals surface area contributed by atoms with Crippen molar-refractivity contribution in [3.05, 3.63) is 12.7 Å². The predicted octanol–water partition coefficient (Wildman–Crippen LogP) is 1.55. The van der Waals surface area contributed by atoms with E-state index in [-0.39, 0.29) is 12.1 Å². The third kappa shape index (κ3) is 2.99. The highest BCUT2D eigenvalue weighted by atomic mass is 16.4. The molecule has 0 bridgehead atoms. The van der Waals surface area contributed by atoms with Gasteiger partial charge in [-0.3, -0.25) is 0 Å². The molecule has 1 fully saturated rings. The van der Waals surface area contributed by atoms with Crippen LogP contribution in [0.2, 0.25) is 0 Å². The van der Waals surface area contributed by atoms with Crippen molar-refractivity contribution in [3.63, 3.8) is 0 Å².